The average Bonchev–Trinajstić information content (AvgIpc) is 3.26. The quantitative estimate of drug-likeness (QED) is 0.243. The largest absolute Gasteiger partial charge is 0.497 e. The molecule has 0 fully saturated rings. The Hall–Kier alpha value is -2.62. The van der Waals surface area contributed by atoms with E-state index in [-0.39, 0.29) is 24.0 Å². The van der Waals surface area contributed by atoms with Crippen molar-refractivity contribution in [3.63, 3.8) is 0 Å². The number of aliphatic imine (C=N–C) groups is 1. The number of rotatable bonds is 9. The molecular formula is C23H30IN5O2. The van der Waals surface area contributed by atoms with Crippen LogP contribution in [0.5, 0.6) is 5.75 Å². The molecule has 0 amide bonds. The lowest BCUT2D eigenvalue weighted by Gasteiger charge is -2.12. The number of nitrogens with one attached hydrogen (secondary N) is 2. The lowest BCUT2D eigenvalue weighted by Crippen LogP contribution is -2.37. The molecule has 0 aliphatic carbocycles. The van der Waals surface area contributed by atoms with Gasteiger partial charge in [-0.1, -0.05) is 36.3 Å². The van der Waals surface area contributed by atoms with Gasteiger partial charge >= 0.3 is 0 Å². The Morgan fingerprint density at radius 1 is 1.06 bits per heavy atom. The fourth-order valence-corrected chi connectivity index (χ4v) is 3.03. The second-order valence-corrected chi connectivity index (χ2v) is 6.92. The third kappa shape index (κ3) is 7.54. The number of hydrogen-bond donors (Lipinski definition) is 2. The van der Waals surface area contributed by atoms with E-state index in [1.165, 1.54) is 5.56 Å². The Balaban J connectivity index is 0.00000341. The molecule has 0 saturated carbocycles. The first-order valence-corrected chi connectivity index (χ1v) is 10.2. The van der Waals surface area contributed by atoms with Crippen molar-refractivity contribution in [3.8, 4) is 17.2 Å². The second kappa shape index (κ2) is 12.9. The van der Waals surface area contributed by atoms with Gasteiger partial charge in [-0.3, -0.25) is 4.99 Å². The molecule has 8 heteroatoms. The van der Waals surface area contributed by atoms with Gasteiger partial charge < -0.3 is 19.9 Å². The van der Waals surface area contributed by atoms with Gasteiger partial charge in [0, 0.05) is 32.1 Å². The third-order valence-corrected chi connectivity index (χ3v) is 4.66. The Labute approximate surface area is 200 Å². The molecule has 7 nitrogen and oxygen atoms in total. The Morgan fingerprint density at radius 2 is 1.87 bits per heavy atom. The molecule has 0 aliphatic heterocycles. The predicted octanol–water partition coefficient (Wildman–Crippen LogP) is 4.22. The summed E-state index contributed by atoms with van der Waals surface area (Å²) in [5, 5.41) is 10.7. The summed E-state index contributed by atoms with van der Waals surface area (Å²) in [7, 11) is 3.44. The summed E-state index contributed by atoms with van der Waals surface area (Å²) in [6.45, 7) is 3.53. The summed E-state index contributed by atoms with van der Waals surface area (Å²) in [4.78, 5) is 8.76. The van der Waals surface area contributed by atoms with Crippen molar-refractivity contribution in [3.05, 3.63) is 65.5 Å². The van der Waals surface area contributed by atoms with Crippen LogP contribution in [0.2, 0.25) is 0 Å². The first-order valence-electron chi connectivity index (χ1n) is 10.2. The van der Waals surface area contributed by atoms with Gasteiger partial charge in [-0.05, 0) is 48.2 Å². The van der Waals surface area contributed by atoms with E-state index in [0.29, 0.717) is 12.4 Å². The summed E-state index contributed by atoms with van der Waals surface area (Å²) in [5.74, 6) is 2.94. The molecule has 2 N–H and O–H groups in total. The van der Waals surface area contributed by atoms with Crippen LogP contribution in [-0.2, 0) is 19.4 Å². The van der Waals surface area contributed by atoms with Crippen LogP contribution in [-0.4, -0.2) is 36.8 Å². The number of nitrogens with zero attached hydrogens (tertiary/aromatic N) is 3. The molecule has 3 rings (SSSR count). The van der Waals surface area contributed by atoms with Crippen molar-refractivity contribution in [2.45, 2.75) is 32.7 Å². The normalized spacial score (nSPS) is 11.0. The van der Waals surface area contributed by atoms with E-state index in [0.717, 1.165) is 54.5 Å². The van der Waals surface area contributed by atoms with Crippen LogP contribution in [0, 0.1) is 0 Å². The molecular weight excluding hydrogens is 505 g/mol. The van der Waals surface area contributed by atoms with Gasteiger partial charge in [0.2, 0.25) is 0 Å². The fourth-order valence-electron chi connectivity index (χ4n) is 3.03. The van der Waals surface area contributed by atoms with E-state index >= 15 is 0 Å². The van der Waals surface area contributed by atoms with Crippen LogP contribution in [0.3, 0.4) is 0 Å². The standard InChI is InChI=1S/C23H29N5O2.HI/c1-4-6-21-27-22(30-28-21)19-8-5-7-18(15-19)16-26-23(24-2)25-14-13-17-9-11-20(29-3)12-10-17;/h5,7-12,15H,4,6,13-14,16H2,1-3H3,(H2,24,25,26);1H. The summed E-state index contributed by atoms with van der Waals surface area (Å²) < 4.78 is 10.6. The molecule has 1 heterocycles. The van der Waals surface area contributed by atoms with E-state index in [4.69, 9.17) is 9.26 Å². The molecule has 0 radical (unpaired) electrons. The maximum Gasteiger partial charge on any atom is 0.257 e. The van der Waals surface area contributed by atoms with E-state index in [2.05, 4.69) is 57.0 Å². The van der Waals surface area contributed by atoms with Crippen LogP contribution < -0.4 is 15.4 Å². The molecule has 2 aromatic carbocycles. The van der Waals surface area contributed by atoms with Gasteiger partial charge in [-0.25, -0.2) is 0 Å². The highest BCUT2D eigenvalue weighted by atomic mass is 127. The lowest BCUT2D eigenvalue weighted by atomic mass is 10.1. The number of methoxy groups -OCH3 is 1. The van der Waals surface area contributed by atoms with E-state index in [1.807, 2.05) is 24.3 Å². The van der Waals surface area contributed by atoms with Gasteiger partial charge in [-0.2, -0.15) is 4.98 Å². The van der Waals surface area contributed by atoms with E-state index < -0.39 is 0 Å². The van der Waals surface area contributed by atoms with Crippen molar-refractivity contribution in [1.29, 1.82) is 0 Å². The van der Waals surface area contributed by atoms with Crippen LogP contribution in [0.25, 0.3) is 11.5 Å². The monoisotopic (exact) mass is 535 g/mol. The Bertz CT molecular complexity index is 957. The molecule has 0 aliphatic rings. The number of halogens is 1. The predicted molar refractivity (Wildman–Crippen MR) is 134 cm³/mol. The smallest absolute Gasteiger partial charge is 0.257 e. The number of ether oxygens (including phenoxy) is 1. The number of hydrogen-bond acceptors (Lipinski definition) is 5. The van der Waals surface area contributed by atoms with Crippen LogP contribution in [0.4, 0.5) is 0 Å². The van der Waals surface area contributed by atoms with Crippen LogP contribution in [0.1, 0.15) is 30.3 Å². The minimum Gasteiger partial charge on any atom is -0.497 e. The van der Waals surface area contributed by atoms with Crippen molar-refractivity contribution >= 4 is 29.9 Å². The van der Waals surface area contributed by atoms with Gasteiger partial charge in [-0.15, -0.1) is 24.0 Å². The number of guanidine groups is 1. The molecule has 166 valence electrons. The zero-order chi connectivity index (χ0) is 21.2. The number of aromatic nitrogens is 2. The first-order chi connectivity index (χ1) is 14.7. The maximum atomic E-state index is 5.39. The van der Waals surface area contributed by atoms with Crippen molar-refractivity contribution in [2.75, 3.05) is 20.7 Å². The molecule has 31 heavy (non-hydrogen) atoms. The average molecular weight is 535 g/mol. The maximum absolute atomic E-state index is 5.39. The summed E-state index contributed by atoms with van der Waals surface area (Å²) in [6.07, 6.45) is 2.72. The fraction of sp³-hybridized carbons (Fsp3) is 0.348. The van der Waals surface area contributed by atoms with Crippen molar-refractivity contribution in [1.82, 2.24) is 20.8 Å². The van der Waals surface area contributed by atoms with Gasteiger partial charge in [0.1, 0.15) is 5.75 Å². The molecule has 0 bridgehead atoms. The van der Waals surface area contributed by atoms with Crippen LogP contribution in [0.15, 0.2) is 58.0 Å². The van der Waals surface area contributed by atoms with Crippen LogP contribution >= 0.6 is 24.0 Å². The molecule has 0 spiro atoms. The third-order valence-electron chi connectivity index (χ3n) is 4.66. The zero-order valence-electron chi connectivity index (χ0n) is 18.2. The van der Waals surface area contributed by atoms with E-state index in [1.54, 1.807) is 14.2 Å². The highest BCUT2D eigenvalue weighted by molar-refractivity contribution is 14.0. The highest BCUT2D eigenvalue weighted by Gasteiger charge is 2.09. The molecule has 0 atom stereocenters. The minimum absolute atomic E-state index is 0. The summed E-state index contributed by atoms with van der Waals surface area (Å²) in [5.41, 5.74) is 3.28. The van der Waals surface area contributed by atoms with Crippen molar-refractivity contribution < 1.29 is 9.26 Å². The highest BCUT2D eigenvalue weighted by Crippen LogP contribution is 2.19. The summed E-state index contributed by atoms with van der Waals surface area (Å²) in [6, 6.07) is 16.2. The minimum atomic E-state index is 0. The molecule has 0 unspecified atom stereocenters. The Morgan fingerprint density at radius 3 is 2.58 bits per heavy atom. The first kappa shape index (κ1) is 24.6. The molecule has 1 aromatic heterocycles. The van der Waals surface area contributed by atoms with Gasteiger partial charge in [0.15, 0.2) is 11.8 Å². The van der Waals surface area contributed by atoms with E-state index in [9.17, 15) is 0 Å². The Kier molecular flexibility index (Phi) is 10.3. The van der Waals surface area contributed by atoms with Gasteiger partial charge in [0.05, 0.1) is 7.11 Å². The topological polar surface area (TPSA) is 84.6 Å². The molecule has 3 aromatic rings. The lowest BCUT2D eigenvalue weighted by molar-refractivity contribution is 0.414. The van der Waals surface area contributed by atoms with Gasteiger partial charge in [0.25, 0.3) is 5.89 Å². The number of aryl methyl sites for hydroxylation is 1. The zero-order valence-corrected chi connectivity index (χ0v) is 20.6. The second-order valence-electron chi connectivity index (χ2n) is 6.92. The van der Waals surface area contributed by atoms with Crippen molar-refractivity contribution in [2.24, 2.45) is 4.99 Å². The number of benzene rings is 2. The molecule has 0 saturated heterocycles. The summed E-state index contributed by atoms with van der Waals surface area (Å²) >= 11 is 0. The SMILES string of the molecule is CCCc1noc(-c2cccc(CNC(=NC)NCCc3ccc(OC)cc3)c2)n1.I.